The average molecular weight is 252 g/mol. The number of carbonyl (C=O) groups excluding carboxylic acids is 2. The van der Waals surface area contributed by atoms with Crippen LogP contribution in [0.25, 0.3) is 0 Å². The number of rotatable bonds is 3. The molecule has 18 heavy (non-hydrogen) atoms. The number of fused-ring (bicyclic) bond motifs is 2. The van der Waals surface area contributed by atoms with Crippen LogP contribution in [0.4, 0.5) is 0 Å². The van der Waals surface area contributed by atoms with E-state index in [-0.39, 0.29) is 24.6 Å². The molecule has 0 aromatic rings. The number of hydrogen-bond acceptors (Lipinski definition) is 4. The van der Waals surface area contributed by atoms with Gasteiger partial charge in [0.15, 0.2) is 0 Å². The largest absolute Gasteiger partial charge is 0.428 e. The van der Waals surface area contributed by atoms with Crippen molar-refractivity contribution in [3.63, 3.8) is 0 Å². The first kappa shape index (κ1) is 13.1. The van der Waals surface area contributed by atoms with Crippen molar-refractivity contribution >= 4 is 11.9 Å². The van der Waals surface area contributed by atoms with Crippen molar-refractivity contribution in [3.05, 3.63) is 12.2 Å². The van der Waals surface area contributed by atoms with Crippen molar-refractivity contribution in [2.75, 3.05) is 6.79 Å². The molecule has 0 amide bonds. The van der Waals surface area contributed by atoms with Gasteiger partial charge in [-0.15, -0.1) is 0 Å². The third-order valence-corrected chi connectivity index (χ3v) is 3.59. The average Bonchev–Trinajstić information content (AvgIpc) is 2.88. The Kier molecular flexibility index (Phi) is 3.46. The summed E-state index contributed by atoms with van der Waals surface area (Å²) in [6.45, 7) is 5.01. The normalized spacial score (nSPS) is 29.4. The Bertz CT molecular complexity index is 378. The molecule has 0 radical (unpaired) electrons. The van der Waals surface area contributed by atoms with Crippen LogP contribution in [0, 0.1) is 23.2 Å². The fourth-order valence-electron chi connectivity index (χ4n) is 2.52. The summed E-state index contributed by atoms with van der Waals surface area (Å²) in [6.07, 6.45) is 6.20. The molecule has 2 rings (SSSR count). The quantitative estimate of drug-likeness (QED) is 0.439. The SMILES string of the molecule is CC(C)(C)C(=O)OCOC(=O)C1CC2C=CC1C2. The van der Waals surface area contributed by atoms with Crippen molar-refractivity contribution in [1.82, 2.24) is 0 Å². The number of carbonyl (C=O) groups is 2. The van der Waals surface area contributed by atoms with E-state index in [0.29, 0.717) is 11.8 Å². The van der Waals surface area contributed by atoms with Crippen molar-refractivity contribution in [3.8, 4) is 0 Å². The van der Waals surface area contributed by atoms with Gasteiger partial charge >= 0.3 is 11.9 Å². The van der Waals surface area contributed by atoms with Crippen LogP contribution in [0.2, 0.25) is 0 Å². The molecule has 0 aromatic carbocycles. The predicted octanol–water partition coefficient (Wildman–Crippen LogP) is 2.29. The molecule has 3 unspecified atom stereocenters. The highest BCUT2D eigenvalue weighted by Crippen LogP contribution is 2.43. The summed E-state index contributed by atoms with van der Waals surface area (Å²) in [6, 6.07) is 0. The molecule has 100 valence electrons. The molecule has 0 heterocycles. The molecule has 1 fully saturated rings. The van der Waals surface area contributed by atoms with Gasteiger partial charge in [-0.2, -0.15) is 0 Å². The maximum atomic E-state index is 11.8. The van der Waals surface area contributed by atoms with E-state index in [9.17, 15) is 9.59 Å². The van der Waals surface area contributed by atoms with Gasteiger partial charge in [-0.05, 0) is 45.4 Å². The van der Waals surface area contributed by atoms with Crippen molar-refractivity contribution in [2.24, 2.45) is 23.2 Å². The first-order valence-electron chi connectivity index (χ1n) is 6.40. The molecular weight excluding hydrogens is 232 g/mol. The highest BCUT2D eigenvalue weighted by Gasteiger charge is 2.40. The number of ether oxygens (including phenoxy) is 2. The lowest BCUT2D eigenvalue weighted by Gasteiger charge is -2.19. The van der Waals surface area contributed by atoms with E-state index in [2.05, 4.69) is 12.2 Å². The van der Waals surface area contributed by atoms with Gasteiger partial charge in [-0.1, -0.05) is 12.2 Å². The summed E-state index contributed by atoms with van der Waals surface area (Å²) in [5.74, 6) is 0.204. The maximum Gasteiger partial charge on any atom is 0.314 e. The summed E-state index contributed by atoms with van der Waals surface area (Å²) in [5, 5.41) is 0. The Morgan fingerprint density at radius 3 is 2.39 bits per heavy atom. The zero-order chi connectivity index (χ0) is 13.3. The lowest BCUT2D eigenvalue weighted by Crippen LogP contribution is -2.27. The van der Waals surface area contributed by atoms with Crippen LogP contribution >= 0.6 is 0 Å². The van der Waals surface area contributed by atoms with Crippen molar-refractivity contribution < 1.29 is 19.1 Å². The van der Waals surface area contributed by atoms with E-state index in [1.54, 1.807) is 20.8 Å². The Morgan fingerprint density at radius 1 is 1.17 bits per heavy atom. The standard InChI is InChI=1S/C14H20O4/c1-14(2,3)13(16)18-8-17-12(15)11-7-9-4-5-10(11)6-9/h4-5,9-11H,6-8H2,1-3H3. The summed E-state index contributed by atoms with van der Waals surface area (Å²) in [7, 11) is 0. The van der Waals surface area contributed by atoms with E-state index < -0.39 is 5.41 Å². The fraction of sp³-hybridized carbons (Fsp3) is 0.714. The molecule has 0 aromatic heterocycles. The third kappa shape index (κ3) is 2.74. The monoisotopic (exact) mass is 252 g/mol. The van der Waals surface area contributed by atoms with E-state index in [1.807, 2.05) is 0 Å². The molecule has 4 heteroatoms. The smallest absolute Gasteiger partial charge is 0.314 e. The van der Waals surface area contributed by atoms with E-state index in [1.165, 1.54) is 0 Å². The molecule has 0 N–H and O–H groups in total. The van der Waals surface area contributed by atoms with Crippen LogP contribution in [0.3, 0.4) is 0 Å². The molecule has 0 saturated heterocycles. The molecule has 0 aliphatic heterocycles. The van der Waals surface area contributed by atoms with Crippen molar-refractivity contribution in [1.29, 1.82) is 0 Å². The highest BCUT2D eigenvalue weighted by molar-refractivity contribution is 5.76. The number of hydrogen-bond donors (Lipinski definition) is 0. The summed E-state index contributed by atoms with van der Waals surface area (Å²) >= 11 is 0. The van der Waals surface area contributed by atoms with Crippen LogP contribution in [-0.2, 0) is 19.1 Å². The van der Waals surface area contributed by atoms with Crippen LogP contribution in [0.5, 0.6) is 0 Å². The lowest BCUT2D eigenvalue weighted by atomic mass is 9.94. The van der Waals surface area contributed by atoms with E-state index >= 15 is 0 Å². The molecule has 2 bridgehead atoms. The van der Waals surface area contributed by atoms with Crippen LogP contribution < -0.4 is 0 Å². The topological polar surface area (TPSA) is 52.6 Å². The Hall–Kier alpha value is -1.32. The zero-order valence-corrected chi connectivity index (χ0v) is 11.1. The minimum absolute atomic E-state index is 0.0478. The lowest BCUT2D eigenvalue weighted by molar-refractivity contribution is -0.175. The zero-order valence-electron chi connectivity index (χ0n) is 11.1. The van der Waals surface area contributed by atoms with Crippen molar-refractivity contribution in [2.45, 2.75) is 33.6 Å². The van der Waals surface area contributed by atoms with E-state index in [4.69, 9.17) is 9.47 Å². The van der Waals surface area contributed by atoms with Crippen LogP contribution in [0.1, 0.15) is 33.6 Å². The number of allylic oxidation sites excluding steroid dienone is 2. The first-order chi connectivity index (χ1) is 8.38. The third-order valence-electron chi connectivity index (χ3n) is 3.59. The van der Waals surface area contributed by atoms with E-state index in [0.717, 1.165) is 12.8 Å². The molecule has 2 aliphatic carbocycles. The van der Waals surface area contributed by atoms with Gasteiger partial charge in [0.1, 0.15) is 0 Å². The van der Waals surface area contributed by atoms with Gasteiger partial charge in [-0.25, -0.2) is 0 Å². The molecule has 3 atom stereocenters. The molecule has 4 nitrogen and oxygen atoms in total. The predicted molar refractivity (Wildman–Crippen MR) is 65.4 cm³/mol. The molecule has 0 spiro atoms. The second kappa shape index (κ2) is 4.75. The Labute approximate surface area is 107 Å². The van der Waals surface area contributed by atoms with Gasteiger partial charge in [0, 0.05) is 0 Å². The first-order valence-corrected chi connectivity index (χ1v) is 6.40. The molecular formula is C14H20O4. The minimum Gasteiger partial charge on any atom is -0.428 e. The minimum atomic E-state index is -0.568. The Morgan fingerprint density at radius 2 is 1.89 bits per heavy atom. The van der Waals surface area contributed by atoms with Gasteiger partial charge < -0.3 is 9.47 Å². The van der Waals surface area contributed by atoms with Crippen LogP contribution in [0.15, 0.2) is 12.2 Å². The summed E-state index contributed by atoms with van der Waals surface area (Å²) < 4.78 is 9.95. The molecule has 1 saturated carbocycles. The van der Waals surface area contributed by atoms with Crippen LogP contribution in [-0.4, -0.2) is 18.7 Å². The second-order valence-electron chi connectivity index (χ2n) is 6.15. The Balaban J connectivity index is 1.73. The molecule has 2 aliphatic rings. The second-order valence-corrected chi connectivity index (χ2v) is 6.15. The van der Waals surface area contributed by atoms with Gasteiger partial charge in [0.05, 0.1) is 11.3 Å². The summed E-state index contributed by atoms with van der Waals surface area (Å²) in [4.78, 5) is 23.3. The fourth-order valence-corrected chi connectivity index (χ4v) is 2.52. The van der Waals surface area contributed by atoms with Gasteiger partial charge in [0.25, 0.3) is 0 Å². The van der Waals surface area contributed by atoms with Gasteiger partial charge in [0.2, 0.25) is 6.79 Å². The summed E-state index contributed by atoms with van der Waals surface area (Å²) in [5.41, 5.74) is -0.568. The highest BCUT2D eigenvalue weighted by atomic mass is 16.7. The number of esters is 2. The van der Waals surface area contributed by atoms with Gasteiger partial charge in [-0.3, -0.25) is 9.59 Å². The maximum absolute atomic E-state index is 11.8.